The summed E-state index contributed by atoms with van der Waals surface area (Å²) >= 11 is 2.16. The largest absolute Gasteiger partial charge is 0.495 e. The van der Waals surface area contributed by atoms with E-state index in [0.29, 0.717) is 30.1 Å². The van der Waals surface area contributed by atoms with Crippen molar-refractivity contribution in [2.75, 3.05) is 25.5 Å². The van der Waals surface area contributed by atoms with Crippen LogP contribution in [0.1, 0.15) is 24.2 Å². The van der Waals surface area contributed by atoms with Crippen LogP contribution in [0, 0.1) is 3.57 Å². The van der Waals surface area contributed by atoms with Crippen LogP contribution in [0.3, 0.4) is 0 Å². The Morgan fingerprint density at radius 1 is 1.12 bits per heavy atom. The van der Waals surface area contributed by atoms with Gasteiger partial charge in [0, 0.05) is 22.2 Å². The van der Waals surface area contributed by atoms with Crippen LogP contribution in [0.4, 0.5) is 5.69 Å². The lowest BCUT2D eigenvalue weighted by Crippen LogP contribution is -2.30. The number of nitrogens with zero attached hydrogens (tertiary/aromatic N) is 1. The fraction of sp³-hybridized carbons (Fsp3) is 0.278. The van der Waals surface area contributed by atoms with Crippen molar-refractivity contribution >= 4 is 44.2 Å². The van der Waals surface area contributed by atoms with Crippen LogP contribution in [0.25, 0.3) is 0 Å². The number of anilines is 1. The van der Waals surface area contributed by atoms with Crippen LogP contribution < -0.4 is 10.1 Å². The van der Waals surface area contributed by atoms with E-state index in [1.54, 1.807) is 32.0 Å². The molecule has 0 unspecified atom stereocenters. The van der Waals surface area contributed by atoms with Crippen LogP contribution >= 0.6 is 22.6 Å². The van der Waals surface area contributed by atoms with E-state index < -0.39 is 10.0 Å². The number of sulfonamides is 1. The zero-order valence-corrected chi connectivity index (χ0v) is 17.8. The van der Waals surface area contributed by atoms with Gasteiger partial charge in [0.05, 0.1) is 17.7 Å². The second-order valence-corrected chi connectivity index (χ2v) is 8.60. The normalized spacial score (nSPS) is 11.4. The molecule has 140 valence electrons. The van der Waals surface area contributed by atoms with Crippen molar-refractivity contribution < 1.29 is 17.9 Å². The minimum Gasteiger partial charge on any atom is -0.495 e. The molecular formula is C18H21IN2O4S. The number of ether oxygens (including phenoxy) is 1. The first-order chi connectivity index (χ1) is 12.3. The number of amides is 1. The molecular weight excluding hydrogens is 467 g/mol. The fourth-order valence-electron chi connectivity index (χ4n) is 2.45. The van der Waals surface area contributed by atoms with E-state index in [0.717, 1.165) is 3.57 Å². The van der Waals surface area contributed by atoms with Gasteiger partial charge in [-0.1, -0.05) is 13.8 Å². The molecule has 0 atom stereocenters. The van der Waals surface area contributed by atoms with Crippen molar-refractivity contribution in [2.45, 2.75) is 18.7 Å². The first-order valence-corrected chi connectivity index (χ1v) is 10.6. The second kappa shape index (κ2) is 8.83. The Kier molecular flexibility index (Phi) is 7.01. The standard InChI is InChI=1S/C18H21IN2O4S/c1-4-21(5-2)26(23,24)15-10-11-17(25-3)16(12-15)20-18(22)13-6-8-14(19)9-7-13/h6-12H,4-5H2,1-3H3,(H,20,22). The van der Waals surface area contributed by atoms with E-state index in [4.69, 9.17) is 4.74 Å². The predicted molar refractivity (Wildman–Crippen MR) is 110 cm³/mol. The third-order valence-corrected chi connectivity index (χ3v) is 6.63. The molecule has 0 radical (unpaired) electrons. The third-order valence-electron chi connectivity index (χ3n) is 3.87. The SMILES string of the molecule is CCN(CC)S(=O)(=O)c1ccc(OC)c(NC(=O)c2ccc(I)cc2)c1. The highest BCUT2D eigenvalue weighted by atomic mass is 127. The molecule has 0 spiro atoms. The van der Waals surface area contributed by atoms with Crippen molar-refractivity contribution in [3.63, 3.8) is 0 Å². The Hall–Kier alpha value is -1.65. The summed E-state index contributed by atoms with van der Waals surface area (Å²) in [6.07, 6.45) is 0. The summed E-state index contributed by atoms with van der Waals surface area (Å²) in [6, 6.07) is 11.5. The summed E-state index contributed by atoms with van der Waals surface area (Å²) in [5, 5.41) is 2.74. The van der Waals surface area contributed by atoms with Gasteiger partial charge in [-0.3, -0.25) is 4.79 Å². The summed E-state index contributed by atoms with van der Waals surface area (Å²) < 4.78 is 33.1. The van der Waals surface area contributed by atoms with E-state index in [1.165, 1.54) is 23.5 Å². The Morgan fingerprint density at radius 3 is 2.27 bits per heavy atom. The molecule has 26 heavy (non-hydrogen) atoms. The molecule has 0 aliphatic heterocycles. The van der Waals surface area contributed by atoms with Crippen LogP contribution in [-0.4, -0.2) is 38.8 Å². The highest BCUT2D eigenvalue weighted by Gasteiger charge is 2.23. The summed E-state index contributed by atoms with van der Waals surface area (Å²) in [6.45, 7) is 4.30. The summed E-state index contributed by atoms with van der Waals surface area (Å²) in [4.78, 5) is 12.6. The first-order valence-electron chi connectivity index (χ1n) is 8.08. The topological polar surface area (TPSA) is 75.7 Å². The minimum atomic E-state index is -3.63. The molecule has 2 rings (SSSR count). The zero-order chi connectivity index (χ0) is 19.3. The van der Waals surface area contributed by atoms with Gasteiger partial charge in [0.25, 0.3) is 5.91 Å². The van der Waals surface area contributed by atoms with E-state index in [1.807, 2.05) is 12.1 Å². The quantitative estimate of drug-likeness (QED) is 0.605. The number of benzene rings is 2. The molecule has 2 aromatic rings. The maximum Gasteiger partial charge on any atom is 0.255 e. The van der Waals surface area contributed by atoms with Crippen molar-refractivity contribution in [2.24, 2.45) is 0 Å². The van der Waals surface area contributed by atoms with Crippen LogP contribution in [0.2, 0.25) is 0 Å². The lowest BCUT2D eigenvalue weighted by atomic mass is 10.2. The van der Waals surface area contributed by atoms with Gasteiger partial charge in [0.2, 0.25) is 10.0 Å². The van der Waals surface area contributed by atoms with Gasteiger partial charge in [-0.25, -0.2) is 8.42 Å². The summed E-state index contributed by atoms with van der Waals surface area (Å²) in [7, 11) is -2.16. The molecule has 8 heteroatoms. The lowest BCUT2D eigenvalue weighted by Gasteiger charge is -2.19. The number of rotatable bonds is 7. The number of nitrogens with one attached hydrogen (secondary N) is 1. The van der Waals surface area contributed by atoms with E-state index in [-0.39, 0.29) is 10.8 Å². The minimum absolute atomic E-state index is 0.111. The molecule has 0 bridgehead atoms. The van der Waals surface area contributed by atoms with Gasteiger partial charge in [-0.15, -0.1) is 0 Å². The predicted octanol–water partition coefficient (Wildman–Crippen LogP) is 3.58. The van der Waals surface area contributed by atoms with Gasteiger partial charge in [0.15, 0.2) is 0 Å². The average molecular weight is 488 g/mol. The van der Waals surface area contributed by atoms with Crippen LogP contribution in [0.5, 0.6) is 5.75 Å². The molecule has 0 saturated carbocycles. The van der Waals surface area contributed by atoms with E-state index in [2.05, 4.69) is 27.9 Å². The van der Waals surface area contributed by atoms with Gasteiger partial charge in [-0.2, -0.15) is 4.31 Å². The Bertz CT molecular complexity index is 879. The molecule has 1 amide bonds. The number of carbonyl (C=O) groups is 1. The van der Waals surface area contributed by atoms with Gasteiger partial charge in [0.1, 0.15) is 5.75 Å². The summed E-state index contributed by atoms with van der Waals surface area (Å²) in [5.74, 6) is 0.0550. The smallest absolute Gasteiger partial charge is 0.255 e. The maximum absolute atomic E-state index is 12.7. The Labute approximate surface area is 167 Å². The molecule has 0 saturated heterocycles. The number of hydrogen-bond acceptors (Lipinski definition) is 4. The van der Waals surface area contributed by atoms with Gasteiger partial charge < -0.3 is 10.1 Å². The molecule has 0 heterocycles. The highest BCUT2D eigenvalue weighted by molar-refractivity contribution is 14.1. The maximum atomic E-state index is 12.7. The van der Waals surface area contributed by atoms with Crippen LogP contribution in [-0.2, 0) is 10.0 Å². The molecule has 1 N–H and O–H groups in total. The van der Waals surface area contributed by atoms with Crippen molar-refractivity contribution in [1.29, 1.82) is 0 Å². The highest BCUT2D eigenvalue weighted by Crippen LogP contribution is 2.29. The molecule has 0 aliphatic carbocycles. The van der Waals surface area contributed by atoms with Crippen molar-refractivity contribution in [1.82, 2.24) is 4.31 Å². The van der Waals surface area contributed by atoms with E-state index >= 15 is 0 Å². The molecule has 0 aromatic heterocycles. The van der Waals surface area contributed by atoms with Gasteiger partial charge >= 0.3 is 0 Å². The first kappa shape index (κ1) is 20.7. The lowest BCUT2D eigenvalue weighted by molar-refractivity contribution is 0.102. The van der Waals surface area contributed by atoms with Crippen molar-refractivity contribution in [3.8, 4) is 5.75 Å². The zero-order valence-electron chi connectivity index (χ0n) is 14.8. The fourth-order valence-corrected chi connectivity index (χ4v) is 4.30. The number of carbonyl (C=O) groups excluding carboxylic acids is 1. The molecule has 6 nitrogen and oxygen atoms in total. The monoisotopic (exact) mass is 488 g/mol. The average Bonchev–Trinajstić information content (AvgIpc) is 2.63. The number of halogens is 1. The number of methoxy groups -OCH3 is 1. The van der Waals surface area contributed by atoms with Crippen LogP contribution in [0.15, 0.2) is 47.4 Å². The van der Waals surface area contributed by atoms with Crippen molar-refractivity contribution in [3.05, 3.63) is 51.6 Å². The van der Waals surface area contributed by atoms with Gasteiger partial charge in [-0.05, 0) is 65.1 Å². The Balaban J connectivity index is 2.38. The molecule has 0 aliphatic rings. The number of hydrogen-bond donors (Lipinski definition) is 1. The summed E-state index contributed by atoms with van der Waals surface area (Å²) in [5.41, 5.74) is 0.786. The van der Waals surface area contributed by atoms with E-state index in [9.17, 15) is 13.2 Å². The third kappa shape index (κ3) is 4.54. The second-order valence-electron chi connectivity index (χ2n) is 5.41. The molecule has 0 fully saturated rings. The Morgan fingerprint density at radius 2 is 1.73 bits per heavy atom. The molecule has 2 aromatic carbocycles.